The molecule has 32 heavy (non-hydrogen) atoms. The van der Waals surface area contributed by atoms with Crippen LogP contribution < -0.4 is 0 Å². The van der Waals surface area contributed by atoms with Gasteiger partial charge in [-0.3, -0.25) is 9.69 Å². The standard InChI is InChI=1S/C29H34N2O/c32-29(31-18-15-24(16-19-31)20-23-8-2-1-3-9-23)27-13-7-17-30(22-27)21-26-12-6-11-25-10-4-5-14-28(25)26/h1-6,8-12,14,24,27H,7,13,15-22H2. The van der Waals surface area contributed by atoms with E-state index in [1.165, 1.54) is 21.9 Å². The molecule has 0 aliphatic carbocycles. The van der Waals surface area contributed by atoms with Crippen LogP contribution in [0.25, 0.3) is 10.8 Å². The minimum absolute atomic E-state index is 0.157. The molecule has 0 saturated carbocycles. The molecule has 2 saturated heterocycles. The lowest BCUT2D eigenvalue weighted by atomic mass is 9.89. The summed E-state index contributed by atoms with van der Waals surface area (Å²) in [4.78, 5) is 18.0. The van der Waals surface area contributed by atoms with Crippen LogP contribution in [0.15, 0.2) is 72.8 Å². The SMILES string of the molecule is O=C(C1CCCN(Cc2cccc3ccccc23)C1)N1CCC(Cc2ccccc2)CC1. The molecule has 3 heteroatoms. The molecule has 0 aromatic heterocycles. The number of carbonyl (C=O) groups is 1. The van der Waals surface area contributed by atoms with E-state index in [0.717, 1.165) is 64.8 Å². The summed E-state index contributed by atoms with van der Waals surface area (Å²) in [5.41, 5.74) is 2.80. The third-order valence-electron chi connectivity index (χ3n) is 7.42. The highest BCUT2D eigenvalue weighted by Crippen LogP contribution is 2.27. The number of hydrogen-bond donors (Lipinski definition) is 0. The monoisotopic (exact) mass is 426 g/mol. The van der Waals surface area contributed by atoms with Gasteiger partial charge in [-0.15, -0.1) is 0 Å². The summed E-state index contributed by atoms with van der Waals surface area (Å²) in [6.07, 6.45) is 5.56. The van der Waals surface area contributed by atoms with Crippen LogP contribution in [0.5, 0.6) is 0 Å². The fourth-order valence-electron chi connectivity index (χ4n) is 5.64. The van der Waals surface area contributed by atoms with Gasteiger partial charge in [0.2, 0.25) is 5.91 Å². The van der Waals surface area contributed by atoms with Crippen molar-refractivity contribution in [1.82, 2.24) is 9.80 Å². The van der Waals surface area contributed by atoms with Gasteiger partial charge in [0, 0.05) is 26.2 Å². The van der Waals surface area contributed by atoms with Crippen LogP contribution in [-0.2, 0) is 17.8 Å². The van der Waals surface area contributed by atoms with E-state index in [4.69, 9.17) is 0 Å². The molecule has 3 nitrogen and oxygen atoms in total. The van der Waals surface area contributed by atoms with Crippen molar-refractivity contribution in [2.75, 3.05) is 26.2 Å². The maximum Gasteiger partial charge on any atom is 0.226 e. The summed E-state index contributed by atoms with van der Waals surface area (Å²) in [6.45, 7) is 4.77. The molecule has 1 atom stereocenters. The number of amides is 1. The molecule has 5 rings (SSSR count). The Balaban J connectivity index is 1.16. The van der Waals surface area contributed by atoms with Gasteiger partial charge < -0.3 is 4.90 Å². The molecule has 0 spiro atoms. The molecule has 3 aromatic carbocycles. The maximum atomic E-state index is 13.3. The molecule has 0 bridgehead atoms. The van der Waals surface area contributed by atoms with Crippen molar-refractivity contribution in [3.63, 3.8) is 0 Å². The lowest BCUT2D eigenvalue weighted by molar-refractivity contribution is -0.138. The van der Waals surface area contributed by atoms with E-state index in [1.54, 1.807) is 0 Å². The Kier molecular flexibility index (Phi) is 6.54. The minimum atomic E-state index is 0.157. The number of rotatable bonds is 5. The molecule has 2 aliphatic rings. The number of nitrogens with zero attached hydrogens (tertiary/aromatic N) is 2. The van der Waals surface area contributed by atoms with E-state index in [9.17, 15) is 4.79 Å². The second-order valence-corrected chi connectivity index (χ2v) is 9.67. The van der Waals surface area contributed by atoms with Crippen LogP contribution in [0.4, 0.5) is 0 Å². The molecule has 2 heterocycles. The predicted octanol–water partition coefficient (Wildman–Crippen LogP) is 5.53. The lowest BCUT2D eigenvalue weighted by Gasteiger charge is -2.38. The lowest BCUT2D eigenvalue weighted by Crippen LogP contribution is -2.47. The van der Waals surface area contributed by atoms with Gasteiger partial charge in [-0.25, -0.2) is 0 Å². The van der Waals surface area contributed by atoms with Gasteiger partial charge in [0.05, 0.1) is 5.92 Å². The van der Waals surface area contributed by atoms with Crippen molar-refractivity contribution < 1.29 is 4.79 Å². The number of piperidine rings is 2. The summed E-state index contributed by atoms with van der Waals surface area (Å²) in [5.74, 6) is 1.26. The Morgan fingerprint density at radius 3 is 2.41 bits per heavy atom. The zero-order valence-electron chi connectivity index (χ0n) is 19.0. The third kappa shape index (κ3) is 4.88. The highest BCUT2D eigenvalue weighted by atomic mass is 16.2. The van der Waals surface area contributed by atoms with E-state index in [-0.39, 0.29) is 5.92 Å². The fourth-order valence-corrected chi connectivity index (χ4v) is 5.64. The molecule has 166 valence electrons. The molecule has 2 aliphatic heterocycles. The van der Waals surface area contributed by atoms with Crippen LogP contribution in [0.1, 0.15) is 36.8 Å². The maximum absolute atomic E-state index is 13.3. The highest BCUT2D eigenvalue weighted by Gasteiger charge is 2.31. The topological polar surface area (TPSA) is 23.6 Å². The van der Waals surface area contributed by atoms with Gasteiger partial charge in [0.1, 0.15) is 0 Å². The number of likely N-dealkylation sites (tertiary alicyclic amines) is 2. The predicted molar refractivity (Wildman–Crippen MR) is 131 cm³/mol. The largest absolute Gasteiger partial charge is 0.342 e. The second kappa shape index (κ2) is 9.87. The minimum Gasteiger partial charge on any atom is -0.342 e. The zero-order chi connectivity index (χ0) is 21.8. The van der Waals surface area contributed by atoms with Crippen molar-refractivity contribution in [1.29, 1.82) is 0 Å². The molecular weight excluding hydrogens is 392 g/mol. The van der Waals surface area contributed by atoms with E-state index in [0.29, 0.717) is 11.8 Å². The molecule has 3 aromatic rings. The number of carbonyl (C=O) groups excluding carboxylic acids is 1. The zero-order valence-corrected chi connectivity index (χ0v) is 19.0. The first kappa shape index (κ1) is 21.2. The Bertz CT molecular complexity index is 1030. The fraction of sp³-hybridized carbons (Fsp3) is 0.414. The summed E-state index contributed by atoms with van der Waals surface area (Å²) in [6, 6.07) is 26.0. The number of hydrogen-bond acceptors (Lipinski definition) is 2. The summed E-state index contributed by atoms with van der Waals surface area (Å²) < 4.78 is 0. The average molecular weight is 427 g/mol. The number of benzene rings is 3. The van der Waals surface area contributed by atoms with Crippen molar-refractivity contribution >= 4 is 16.7 Å². The molecule has 1 amide bonds. The summed E-state index contributed by atoms with van der Waals surface area (Å²) >= 11 is 0. The molecular formula is C29H34N2O. The van der Waals surface area contributed by atoms with Gasteiger partial charge in [-0.05, 0) is 66.5 Å². The van der Waals surface area contributed by atoms with Gasteiger partial charge in [0.15, 0.2) is 0 Å². The molecule has 0 N–H and O–H groups in total. The van der Waals surface area contributed by atoms with Gasteiger partial charge >= 0.3 is 0 Å². The quantitative estimate of drug-likeness (QED) is 0.535. The van der Waals surface area contributed by atoms with E-state index >= 15 is 0 Å². The number of fused-ring (bicyclic) bond motifs is 1. The van der Waals surface area contributed by atoms with Crippen molar-refractivity contribution in [2.45, 2.75) is 38.6 Å². The first-order valence-electron chi connectivity index (χ1n) is 12.3. The molecule has 2 fully saturated rings. The first-order valence-corrected chi connectivity index (χ1v) is 12.3. The van der Waals surface area contributed by atoms with Gasteiger partial charge in [-0.1, -0.05) is 72.8 Å². The van der Waals surface area contributed by atoms with Crippen LogP contribution in [0.3, 0.4) is 0 Å². The van der Waals surface area contributed by atoms with Crippen LogP contribution in [0, 0.1) is 11.8 Å². The Morgan fingerprint density at radius 1 is 0.812 bits per heavy atom. The molecule has 1 unspecified atom stereocenters. The van der Waals surface area contributed by atoms with Gasteiger partial charge in [0.25, 0.3) is 0 Å². The van der Waals surface area contributed by atoms with E-state index in [1.807, 2.05) is 0 Å². The Labute approximate surface area is 192 Å². The van der Waals surface area contributed by atoms with Crippen LogP contribution in [-0.4, -0.2) is 41.9 Å². The van der Waals surface area contributed by atoms with E-state index < -0.39 is 0 Å². The normalized spacial score (nSPS) is 20.5. The second-order valence-electron chi connectivity index (χ2n) is 9.67. The van der Waals surface area contributed by atoms with Crippen LogP contribution in [0.2, 0.25) is 0 Å². The average Bonchev–Trinajstić information content (AvgIpc) is 2.85. The van der Waals surface area contributed by atoms with Crippen molar-refractivity contribution in [3.8, 4) is 0 Å². The van der Waals surface area contributed by atoms with Crippen molar-refractivity contribution in [3.05, 3.63) is 83.9 Å². The van der Waals surface area contributed by atoms with Gasteiger partial charge in [-0.2, -0.15) is 0 Å². The molecule has 0 radical (unpaired) electrons. The summed E-state index contributed by atoms with van der Waals surface area (Å²) in [7, 11) is 0. The smallest absolute Gasteiger partial charge is 0.226 e. The summed E-state index contributed by atoms with van der Waals surface area (Å²) in [5, 5.41) is 2.64. The Morgan fingerprint density at radius 2 is 1.56 bits per heavy atom. The van der Waals surface area contributed by atoms with Crippen molar-refractivity contribution in [2.24, 2.45) is 11.8 Å². The first-order chi connectivity index (χ1) is 15.8. The third-order valence-corrected chi connectivity index (χ3v) is 7.42. The highest BCUT2D eigenvalue weighted by molar-refractivity contribution is 5.85. The van der Waals surface area contributed by atoms with Crippen LogP contribution >= 0.6 is 0 Å². The Hall–Kier alpha value is -2.65. The van der Waals surface area contributed by atoms with E-state index in [2.05, 4.69) is 82.6 Å².